The number of carbonyl (C=O) groups excluding carboxylic acids is 1. The number of piperidine rings is 1. The highest BCUT2D eigenvalue weighted by Crippen LogP contribution is 2.24. The maximum Gasteiger partial charge on any atom is 0.231 e. The van der Waals surface area contributed by atoms with Gasteiger partial charge in [-0.05, 0) is 56.0 Å². The van der Waals surface area contributed by atoms with E-state index in [0.717, 1.165) is 47.8 Å². The Kier molecular flexibility index (Phi) is 4.32. The van der Waals surface area contributed by atoms with Crippen molar-refractivity contribution in [3.8, 4) is 0 Å². The molecule has 1 atom stereocenters. The number of aryl methyl sites for hydroxylation is 2. The molecule has 3 aromatic rings. The average Bonchev–Trinajstić information content (AvgIpc) is 3.09. The van der Waals surface area contributed by atoms with Crippen molar-refractivity contribution in [3.05, 3.63) is 53.7 Å². The van der Waals surface area contributed by atoms with Gasteiger partial charge in [0.1, 0.15) is 0 Å². The Hall–Kier alpha value is -2.89. The fourth-order valence-electron chi connectivity index (χ4n) is 3.52. The number of benzene rings is 1. The molecule has 6 heteroatoms. The van der Waals surface area contributed by atoms with E-state index < -0.39 is 0 Å². The molecular weight excluding hydrogens is 326 g/mol. The van der Waals surface area contributed by atoms with E-state index in [1.54, 1.807) is 0 Å². The number of fused-ring (bicyclic) bond motifs is 1. The summed E-state index contributed by atoms with van der Waals surface area (Å²) in [5.41, 5.74) is 3.95. The summed E-state index contributed by atoms with van der Waals surface area (Å²) in [6.07, 6.45) is 3.82. The summed E-state index contributed by atoms with van der Waals surface area (Å²) >= 11 is 0. The molecule has 134 valence electrons. The van der Waals surface area contributed by atoms with Crippen LogP contribution in [0.25, 0.3) is 5.65 Å². The van der Waals surface area contributed by atoms with Crippen LogP contribution >= 0.6 is 0 Å². The van der Waals surface area contributed by atoms with E-state index in [4.69, 9.17) is 0 Å². The summed E-state index contributed by atoms with van der Waals surface area (Å²) in [5, 5.41) is 11.7. The van der Waals surface area contributed by atoms with Crippen molar-refractivity contribution in [2.24, 2.45) is 5.92 Å². The minimum absolute atomic E-state index is 0.0558. The van der Waals surface area contributed by atoms with Crippen LogP contribution in [0.15, 0.2) is 42.6 Å². The van der Waals surface area contributed by atoms with Gasteiger partial charge in [-0.2, -0.15) is 0 Å². The molecular formula is C20H23N5O. The summed E-state index contributed by atoms with van der Waals surface area (Å²) in [7, 11) is 0. The monoisotopic (exact) mass is 349 g/mol. The van der Waals surface area contributed by atoms with Crippen molar-refractivity contribution in [1.82, 2.24) is 14.6 Å². The highest BCUT2D eigenvalue weighted by atomic mass is 16.1. The van der Waals surface area contributed by atoms with Crippen molar-refractivity contribution in [3.63, 3.8) is 0 Å². The summed E-state index contributed by atoms with van der Waals surface area (Å²) < 4.78 is 1.98. The Bertz CT molecular complexity index is 948. The molecule has 1 unspecified atom stereocenters. The van der Waals surface area contributed by atoms with Crippen LogP contribution in [0.2, 0.25) is 0 Å². The number of rotatable bonds is 3. The molecule has 0 saturated carbocycles. The van der Waals surface area contributed by atoms with Gasteiger partial charge in [-0.3, -0.25) is 9.20 Å². The third kappa shape index (κ3) is 3.14. The number of amides is 1. The van der Waals surface area contributed by atoms with Gasteiger partial charge in [0.05, 0.1) is 5.92 Å². The standard InChI is InChI=1S/C20H23N5O/c1-14-8-9-15(2)17(12-14)21-19(26)16-6-5-10-24(13-16)20-23-22-18-7-3-4-11-25(18)20/h3-4,7-9,11-12,16H,5-6,10,13H2,1-2H3,(H,21,26). The smallest absolute Gasteiger partial charge is 0.231 e. The lowest BCUT2D eigenvalue weighted by Crippen LogP contribution is -2.41. The van der Waals surface area contributed by atoms with Crippen LogP contribution in [0, 0.1) is 19.8 Å². The second-order valence-corrected chi connectivity index (χ2v) is 7.02. The third-order valence-corrected chi connectivity index (χ3v) is 5.02. The molecule has 4 rings (SSSR count). The molecule has 0 bridgehead atoms. The zero-order valence-corrected chi connectivity index (χ0v) is 15.1. The van der Waals surface area contributed by atoms with Crippen LogP contribution in [0.1, 0.15) is 24.0 Å². The van der Waals surface area contributed by atoms with Gasteiger partial charge in [-0.1, -0.05) is 18.2 Å². The van der Waals surface area contributed by atoms with E-state index in [1.165, 1.54) is 0 Å². The Morgan fingerprint density at radius 2 is 2.08 bits per heavy atom. The molecule has 1 aromatic carbocycles. The van der Waals surface area contributed by atoms with Crippen LogP contribution in [0.5, 0.6) is 0 Å². The zero-order valence-electron chi connectivity index (χ0n) is 15.1. The maximum atomic E-state index is 12.8. The molecule has 0 aliphatic carbocycles. The van der Waals surface area contributed by atoms with Gasteiger partial charge in [-0.15, -0.1) is 10.2 Å². The first-order chi connectivity index (χ1) is 12.6. The normalized spacial score (nSPS) is 17.5. The van der Waals surface area contributed by atoms with E-state index in [9.17, 15) is 4.79 Å². The van der Waals surface area contributed by atoms with E-state index in [1.807, 2.05) is 54.8 Å². The minimum Gasteiger partial charge on any atom is -0.340 e. The Morgan fingerprint density at radius 3 is 2.96 bits per heavy atom. The van der Waals surface area contributed by atoms with E-state index in [2.05, 4.69) is 26.5 Å². The number of hydrogen-bond donors (Lipinski definition) is 1. The minimum atomic E-state index is -0.0558. The molecule has 1 aliphatic rings. The maximum absolute atomic E-state index is 12.8. The SMILES string of the molecule is Cc1ccc(C)c(NC(=O)C2CCCN(c3nnc4ccccn34)C2)c1. The average molecular weight is 349 g/mol. The van der Waals surface area contributed by atoms with E-state index >= 15 is 0 Å². The van der Waals surface area contributed by atoms with Crippen LogP contribution in [0.4, 0.5) is 11.6 Å². The Labute approximate surface area is 152 Å². The topological polar surface area (TPSA) is 62.5 Å². The molecule has 1 amide bonds. The van der Waals surface area contributed by atoms with E-state index in [0.29, 0.717) is 6.54 Å². The molecule has 1 fully saturated rings. The summed E-state index contributed by atoms with van der Waals surface area (Å²) in [6.45, 7) is 5.60. The summed E-state index contributed by atoms with van der Waals surface area (Å²) in [4.78, 5) is 15.0. The molecule has 0 radical (unpaired) electrons. The van der Waals surface area contributed by atoms with Gasteiger partial charge in [0.2, 0.25) is 11.9 Å². The second kappa shape index (κ2) is 6.78. The van der Waals surface area contributed by atoms with Gasteiger partial charge in [0.25, 0.3) is 0 Å². The van der Waals surface area contributed by atoms with Gasteiger partial charge in [-0.25, -0.2) is 0 Å². The first kappa shape index (κ1) is 16.6. The third-order valence-electron chi connectivity index (χ3n) is 5.02. The number of nitrogens with one attached hydrogen (secondary N) is 1. The number of nitrogens with zero attached hydrogens (tertiary/aromatic N) is 4. The highest BCUT2D eigenvalue weighted by Gasteiger charge is 2.28. The van der Waals surface area contributed by atoms with Crippen LogP contribution < -0.4 is 10.2 Å². The number of pyridine rings is 1. The molecule has 3 heterocycles. The summed E-state index contributed by atoms with van der Waals surface area (Å²) in [6, 6.07) is 12.0. The lowest BCUT2D eigenvalue weighted by atomic mass is 9.97. The van der Waals surface area contributed by atoms with Gasteiger partial charge < -0.3 is 10.2 Å². The second-order valence-electron chi connectivity index (χ2n) is 7.02. The van der Waals surface area contributed by atoms with Gasteiger partial charge >= 0.3 is 0 Å². The van der Waals surface area contributed by atoms with Crippen molar-refractivity contribution in [2.75, 3.05) is 23.3 Å². The van der Waals surface area contributed by atoms with Crippen molar-refractivity contribution in [1.29, 1.82) is 0 Å². The summed E-state index contributed by atoms with van der Waals surface area (Å²) in [5.74, 6) is 0.835. The number of carbonyl (C=O) groups is 1. The number of hydrogen-bond acceptors (Lipinski definition) is 4. The lowest BCUT2D eigenvalue weighted by Gasteiger charge is -2.32. The molecule has 0 spiro atoms. The quantitative estimate of drug-likeness (QED) is 0.789. The fraction of sp³-hybridized carbons (Fsp3) is 0.350. The largest absolute Gasteiger partial charge is 0.340 e. The molecule has 1 N–H and O–H groups in total. The molecule has 2 aromatic heterocycles. The van der Waals surface area contributed by atoms with Crippen LogP contribution in [0.3, 0.4) is 0 Å². The Balaban J connectivity index is 1.51. The molecule has 1 aliphatic heterocycles. The fourth-order valence-corrected chi connectivity index (χ4v) is 3.52. The van der Waals surface area contributed by atoms with Gasteiger partial charge in [0, 0.05) is 25.0 Å². The van der Waals surface area contributed by atoms with Crippen LogP contribution in [-0.2, 0) is 4.79 Å². The van der Waals surface area contributed by atoms with Crippen molar-refractivity contribution >= 4 is 23.2 Å². The lowest BCUT2D eigenvalue weighted by molar-refractivity contribution is -0.120. The van der Waals surface area contributed by atoms with Crippen molar-refractivity contribution in [2.45, 2.75) is 26.7 Å². The zero-order chi connectivity index (χ0) is 18.1. The first-order valence-electron chi connectivity index (χ1n) is 9.04. The first-order valence-corrected chi connectivity index (χ1v) is 9.04. The Morgan fingerprint density at radius 1 is 1.19 bits per heavy atom. The predicted molar refractivity (Wildman–Crippen MR) is 102 cm³/mol. The highest BCUT2D eigenvalue weighted by molar-refractivity contribution is 5.93. The number of aromatic nitrogens is 3. The molecule has 26 heavy (non-hydrogen) atoms. The molecule has 6 nitrogen and oxygen atoms in total. The van der Waals surface area contributed by atoms with E-state index in [-0.39, 0.29) is 11.8 Å². The predicted octanol–water partition coefficient (Wildman–Crippen LogP) is 3.20. The molecule has 1 saturated heterocycles. The van der Waals surface area contributed by atoms with Gasteiger partial charge in [0.15, 0.2) is 5.65 Å². The number of anilines is 2. The van der Waals surface area contributed by atoms with Crippen LogP contribution in [-0.4, -0.2) is 33.6 Å². The van der Waals surface area contributed by atoms with Crippen molar-refractivity contribution < 1.29 is 4.79 Å².